The Balaban J connectivity index is 1.35. The van der Waals surface area contributed by atoms with Crippen molar-refractivity contribution < 1.29 is 29.3 Å². The van der Waals surface area contributed by atoms with Crippen LogP contribution in [0.2, 0.25) is 0 Å². The van der Waals surface area contributed by atoms with Crippen LogP contribution in [0, 0.1) is 5.92 Å². The molecule has 3 aromatic carbocycles. The number of carbonyl (C=O) groups is 2. The van der Waals surface area contributed by atoms with E-state index in [4.69, 9.17) is 14.6 Å². The van der Waals surface area contributed by atoms with E-state index in [1.165, 1.54) is 32.1 Å². The molecular weight excluding hydrogens is 568 g/mol. The van der Waals surface area contributed by atoms with Gasteiger partial charge in [-0.05, 0) is 65.9 Å². The average molecular weight is 615 g/mol. The molecule has 2 heterocycles. The molecule has 0 radical (unpaired) electrons. The minimum atomic E-state index is -0.984. The molecule has 8 heteroatoms. The van der Waals surface area contributed by atoms with Crippen molar-refractivity contribution in [1.82, 2.24) is 10.2 Å². The van der Waals surface area contributed by atoms with E-state index in [2.05, 4.69) is 47.5 Å². The molecule has 2 aliphatic heterocycles. The first-order chi connectivity index (χ1) is 21.9. The van der Waals surface area contributed by atoms with Gasteiger partial charge in [0.1, 0.15) is 0 Å². The van der Waals surface area contributed by atoms with Crippen LogP contribution in [-0.2, 0) is 32.2 Å². The Kier molecular flexibility index (Phi) is 11.8. The number of benzene rings is 3. The van der Waals surface area contributed by atoms with Gasteiger partial charge in [0.25, 0.3) is 0 Å². The Morgan fingerprint density at radius 2 is 1.51 bits per heavy atom. The predicted octanol–water partition coefficient (Wildman–Crippen LogP) is 6.38. The predicted molar refractivity (Wildman–Crippen MR) is 173 cm³/mol. The number of aliphatic hydroxyl groups is 1. The van der Waals surface area contributed by atoms with Crippen LogP contribution in [0.25, 0.3) is 11.1 Å². The van der Waals surface area contributed by atoms with Crippen LogP contribution in [0.4, 0.5) is 0 Å². The van der Waals surface area contributed by atoms with Gasteiger partial charge in [-0.1, -0.05) is 86.8 Å². The Hall–Kier alpha value is -3.56. The van der Waals surface area contributed by atoms with Crippen LogP contribution in [0.5, 0.6) is 0 Å². The van der Waals surface area contributed by atoms with Crippen molar-refractivity contribution in [2.75, 3.05) is 19.6 Å². The molecule has 4 atom stereocenters. The molecule has 1 amide bonds. The number of aliphatic carboxylic acids is 1. The third-order valence-corrected chi connectivity index (χ3v) is 8.98. The van der Waals surface area contributed by atoms with Crippen molar-refractivity contribution in [3.8, 4) is 11.1 Å². The third-order valence-electron chi connectivity index (χ3n) is 8.98. The fraction of sp³-hybridized carbons (Fsp3) is 0.459. The number of ether oxygens (including phenoxy) is 2. The Bertz CT molecular complexity index is 1400. The van der Waals surface area contributed by atoms with Crippen molar-refractivity contribution in [2.45, 2.75) is 83.5 Å². The zero-order valence-corrected chi connectivity index (χ0v) is 26.2. The van der Waals surface area contributed by atoms with Gasteiger partial charge in [0.05, 0.1) is 25.2 Å². The number of hydrogen-bond donors (Lipinski definition) is 3. The van der Waals surface area contributed by atoms with Crippen molar-refractivity contribution >= 4 is 11.9 Å². The summed E-state index contributed by atoms with van der Waals surface area (Å²) in [6.07, 6.45) is 5.41. The highest BCUT2D eigenvalue weighted by Gasteiger charge is 2.39. The van der Waals surface area contributed by atoms with Gasteiger partial charge in [-0.25, -0.2) is 0 Å². The summed E-state index contributed by atoms with van der Waals surface area (Å²) in [6.45, 7) is 5.62. The number of carboxylic acids is 1. The van der Waals surface area contributed by atoms with E-state index in [1.54, 1.807) is 0 Å². The summed E-state index contributed by atoms with van der Waals surface area (Å²) in [5, 5.41) is 21.2. The lowest BCUT2D eigenvalue weighted by molar-refractivity contribution is -0.276. The highest BCUT2D eigenvalue weighted by molar-refractivity contribution is 5.80. The average Bonchev–Trinajstić information content (AvgIpc) is 3.05. The largest absolute Gasteiger partial charge is 0.481 e. The van der Waals surface area contributed by atoms with E-state index >= 15 is 0 Å². The zero-order valence-electron chi connectivity index (χ0n) is 26.2. The SMILES string of the molecule is C[C@@H]1[C@H](CN2CCCCCCC2)O[C@H](c2cccc(-c3cccc(CNC(=O)CCC(=O)O)c3)c2)O[C@@H]1c1ccc(CO)cc1. The topological polar surface area (TPSA) is 108 Å². The van der Waals surface area contributed by atoms with Crippen molar-refractivity contribution in [3.63, 3.8) is 0 Å². The van der Waals surface area contributed by atoms with E-state index < -0.39 is 12.3 Å². The van der Waals surface area contributed by atoms with Gasteiger partial charge in [-0.2, -0.15) is 0 Å². The quantitative estimate of drug-likeness (QED) is 0.230. The number of nitrogens with one attached hydrogen (secondary N) is 1. The number of rotatable bonds is 11. The molecule has 0 aliphatic carbocycles. The fourth-order valence-electron chi connectivity index (χ4n) is 6.31. The van der Waals surface area contributed by atoms with Crippen molar-refractivity contribution in [2.24, 2.45) is 5.92 Å². The maximum Gasteiger partial charge on any atom is 0.303 e. The summed E-state index contributed by atoms with van der Waals surface area (Å²) in [6, 6.07) is 24.3. The standard InChI is InChI=1S/C37H46N2O6/c1-26-33(24-39-19-5-3-2-4-6-20-39)44-37(45-36(26)29-15-13-27(25-40)14-16-29)32-12-8-11-31(22-32)30-10-7-9-28(21-30)23-38-34(41)17-18-35(42)43/h7-16,21-22,26,33,36-37,40H,2-6,17-20,23-25H2,1H3,(H,38,41)(H,42,43)/t26-,33+,36+,37+/m1/s1. The zero-order chi connectivity index (χ0) is 31.6. The minimum absolute atomic E-state index is 0.00969. The van der Waals surface area contributed by atoms with E-state index in [0.717, 1.165) is 53.0 Å². The molecule has 2 saturated heterocycles. The maximum atomic E-state index is 12.0. The summed E-state index contributed by atoms with van der Waals surface area (Å²) < 4.78 is 13.5. The van der Waals surface area contributed by atoms with Gasteiger partial charge in [-0.15, -0.1) is 0 Å². The van der Waals surface area contributed by atoms with Crippen LogP contribution < -0.4 is 5.32 Å². The first-order valence-corrected chi connectivity index (χ1v) is 16.3. The van der Waals surface area contributed by atoms with Crippen LogP contribution in [0.15, 0.2) is 72.8 Å². The summed E-state index contributed by atoms with van der Waals surface area (Å²) in [4.78, 5) is 25.4. The molecule has 45 heavy (non-hydrogen) atoms. The molecule has 8 nitrogen and oxygen atoms in total. The highest BCUT2D eigenvalue weighted by Crippen LogP contribution is 2.42. The molecular formula is C37H46N2O6. The first-order valence-electron chi connectivity index (χ1n) is 16.3. The third kappa shape index (κ3) is 9.23. The molecule has 3 aromatic rings. The molecule has 2 fully saturated rings. The number of carbonyl (C=O) groups excluding carboxylic acids is 1. The van der Waals surface area contributed by atoms with Gasteiger partial charge >= 0.3 is 5.97 Å². The second-order valence-corrected chi connectivity index (χ2v) is 12.4. The number of aliphatic hydroxyl groups excluding tert-OH is 1. The van der Waals surface area contributed by atoms with Gasteiger partial charge in [0, 0.05) is 31.0 Å². The second-order valence-electron chi connectivity index (χ2n) is 12.4. The molecule has 2 aliphatic rings. The van der Waals surface area contributed by atoms with E-state index in [9.17, 15) is 14.7 Å². The van der Waals surface area contributed by atoms with Crippen LogP contribution >= 0.6 is 0 Å². The fourth-order valence-corrected chi connectivity index (χ4v) is 6.31. The Morgan fingerprint density at radius 3 is 2.22 bits per heavy atom. The Labute approximate surface area is 266 Å². The van der Waals surface area contributed by atoms with E-state index in [1.807, 2.05) is 42.5 Å². The lowest BCUT2D eigenvalue weighted by Crippen LogP contribution is -2.45. The van der Waals surface area contributed by atoms with Crippen LogP contribution in [0.3, 0.4) is 0 Å². The summed E-state index contributed by atoms with van der Waals surface area (Å²) >= 11 is 0. The lowest BCUT2D eigenvalue weighted by Gasteiger charge is -2.43. The second kappa shape index (κ2) is 16.1. The first kappa shape index (κ1) is 32.8. The van der Waals surface area contributed by atoms with Crippen molar-refractivity contribution in [1.29, 1.82) is 0 Å². The number of nitrogens with zero attached hydrogens (tertiary/aromatic N) is 1. The Morgan fingerprint density at radius 1 is 0.822 bits per heavy atom. The lowest BCUT2D eigenvalue weighted by atomic mass is 9.89. The molecule has 0 spiro atoms. The molecule has 3 N–H and O–H groups in total. The van der Waals surface area contributed by atoms with Gasteiger partial charge in [0.15, 0.2) is 6.29 Å². The summed E-state index contributed by atoms with van der Waals surface area (Å²) in [5.74, 6) is -1.13. The van der Waals surface area contributed by atoms with E-state index in [0.29, 0.717) is 6.54 Å². The highest BCUT2D eigenvalue weighted by atomic mass is 16.7. The number of hydrogen-bond acceptors (Lipinski definition) is 6. The molecule has 0 saturated carbocycles. The monoisotopic (exact) mass is 614 g/mol. The van der Waals surface area contributed by atoms with E-state index in [-0.39, 0.29) is 43.5 Å². The molecule has 0 bridgehead atoms. The smallest absolute Gasteiger partial charge is 0.303 e. The molecule has 0 aromatic heterocycles. The number of carboxylic acid groups (broad SMARTS) is 1. The minimum Gasteiger partial charge on any atom is -0.481 e. The molecule has 5 rings (SSSR count). The van der Waals surface area contributed by atoms with Gasteiger partial charge < -0.3 is 29.9 Å². The summed E-state index contributed by atoms with van der Waals surface area (Å²) in [5.41, 5.74) is 5.86. The van der Waals surface area contributed by atoms with Gasteiger partial charge in [0.2, 0.25) is 5.91 Å². The van der Waals surface area contributed by atoms with Gasteiger partial charge in [-0.3, -0.25) is 9.59 Å². The van der Waals surface area contributed by atoms with Crippen LogP contribution in [-0.4, -0.2) is 52.7 Å². The van der Waals surface area contributed by atoms with Crippen LogP contribution in [0.1, 0.15) is 86.5 Å². The van der Waals surface area contributed by atoms with Crippen molar-refractivity contribution in [3.05, 3.63) is 95.1 Å². The summed E-state index contributed by atoms with van der Waals surface area (Å²) in [7, 11) is 0. The molecule has 0 unspecified atom stereocenters. The number of likely N-dealkylation sites (tertiary alicyclic amines) is 1. The molecule has 240 valence electrons. The maximum absolute atomic E-state index is 12.0. The normalized spacial score (nSPS) is 22.7. The number of amides is 1.